The zero-order valence-corrected chi connectivity index (χ0v) is 17.9. The Balaban J connectivity index is 1.60. The zero-order valence-electron chi connectivity index (χ0n) is 17.9. The first-order chi connectivity index (χ1) is 15.7. The van der Waals surface area contributed by atoms with Crippen LogP contribution in [0.2, 0.25) is 0 Å². The maximum absolute atomic E-state index is 13.5. The van der Waals surface area contributed by atoms with Crippen molar-refractivity contribution in [3.05, 3.63) is 95.6 Å². The summed E-state index contributed by atoms with van der Waals surface area (Å²) in [4.78, 5) is 0. The molecule has 0 amide bonds. The molecule has 0 fully saturated rings. The van der Waals surface area contributed by atoms with Gasteiger partial charge in [-0.15, -0.1) is 10.2 Å². The van der Waals surface area contributed by atoms with Gasteiger partial charge >= 0.3 is 0 Å². The molecule has 1 heterocycles. The van der Waals surface area contributed by atoms with E-state index in [0.717, 1.165) is 16.7 Å². The number of hydrogen-bond donors (Lipinski definition) is 1. The summed E-state index contributed by atoms with van der Waals surface area (Å²) in [5, 5.41) is 11.9. The second-order valence-corrected chi connectivity index (χ2v) is 7.10. The smallest absolute Gasteiger partial charge is 0.247 e. The van der Waals surface area contributed by atoms with Crippen molar-refractivity contribution in [2.75, 3.05) is 13.7 Å². The molecule has 6 nitrogen and oxygen atoms in total. The van der Waals surface area contributed by atoms with Gasteiger partial charge in [-0.25, -0.2) is 4.39 Å². The Bertz CT molecular complexity index is 1150. The molecule has 0 bridgehead atoms. The van der Waals surface area contributed by atoms with Gasteiger partial charge in [0.25, 0.3) is 0 Å². The molecule has 7 heteroatoms. The standard InChI is InChI=1S/C25H24FN3O3/c1-3-31-21-14-9-17(15-22(21)30-2)16-27-23(18-10-12-20(26)13-11-18)25-29-28-24(32-25)19-7-5-4-6-8-19/h4-15,23,27H,3,16H2,1-2H3. The van der Waals surface area contributed by atoms with Crippen molar-refractivity contribution in [2.45, 2.75) is 19.5 Å². The second-order valence-electron chi connectivity index (χ2n) is 7.10. The Labute approximate surface area is 186 Å². The number of hydrogen-bond acceptors (Lipinski definition) is 6. The summed E-state index contributed by atoms with van der Waals surface area (Å²) in [6.07, 6.45) is 0. The van der Waals surface area contributed by atoms with Gasteiger partial charge in [0.1, 0.15) is 11.9 Å². The van der Waals surface area contributed by atoms with E-state index in [9.17, 15) is 4.39 Å². The van der Waals surface area contributed by atoms with Crippen LogP contribution in [-0.4, -0.2) is 23.9 Å². The first-order valence-corrected chi connectivity index (χ1v) is 10.3. The highest BCUT2D eigenvalue weighted by molar-refractivity contribution is 5.52. The van der Waals surface area contributed by atoms with Gasteiger partial charge in [-0.3, -0.25) is 5.32 Å². The van der Waals surface area contributed by atoms with Crippen LogP contribution in [0, 0.1) is 5.82 Å². The average Bonchev–Trinajstić information content (AvgIpc) is 3.32. The van der Waals surface area contributed by atoms with Crippen molar-refractivity contribution in [1.29, 1.82) is 0 Å². The lowest BCUT2D eigenvalue weighted by atomic mass is 10.1. The van der Waals surface area contributed by atoms with E-state index in [0.29, 0.717) is 36.4 Å². The van der Waals surface area contributed by atoms with Crippen molar-refractivity contribution < 1.29 is 18.3 Å². The molecule has 0 spiro atoms. The second kappa shape index (κ2) is 10.1. The van der Waals surface area contributed by atoms with Crippen LogP contribution in [-0.2, 0) is 6.54 Å². The van der Waals surface area contributed by atoms with Gasteiger partial charge in [0.15, 0.2) is 11.5 Å². The Kier molecular flexibility index (Phi) is 6.77. The highest BCUT2D eigenvalue weighted by Gasteiger charge is 2.21. The minimum Gasteiger partial charge on any atom is -0.493 e. The molecule has 1 atom stereocenters. The average molecular weight is 433 g/mol. The summed E-state index contributed by atoms with van der Waals surface area (Å²) in [6, 6.07) is 21.1. The maximum atomic E-state index is 13.5. The van der Waals surface area contributed by atoms with Crippen molar-refractivity contribution in [3.8, 4) is 23.0 Å². The number of methoxy groups -OCH3 is 1. The van der Waals surface area contributed by atoms with Crippen molar-refractivity contribution >= 4 is 0 Å². The van der Waals surface area contributed by atoms with Crippen LogP contribution < -0.4 is 14.8 Å². The molecule has 0 aliphatic rings. The van der Waals surface area contributed by atoms with Crippen LogP contribution in [0.4, 0.5) is 4.39 Å². The molecule has 0 saturated heterocycles. The third-order valence-electron chi connectivity index (χ3n) is 4.95. The van der Waals surface area contributed by atoms with Crippen LogP contribution in [0.25, 0.3) is 11.5 Å². The predicted molar refractivity (Wildman–Crippen MR) is 119 cm³/mol. The number of nitrogens with one attached hydrogen (secondary N) is 1. The van der Waals surface area contributed by atoms with E-state index in [2.05, 4.69) is 15.5 Å². The summed E-state index contributed by atoms with van der Waals surface area (Å²) >= 11 is 0. The summed E-state index contributed by atoms with van der Waals surface area (Å²) in [5.74, 6) is 1.87. The largest absolute Gasteiger partial charge is 0.493 e. The van der Waals surface area contributed by atoms with E-state index in [1.165, 1.54) is 12.1 Å². The van der Waals surface area contributed by atoms with Crippen LogP contribution in [0.5, 0.6) is 11.5 Å². The van der Waals surface area contributed by atoms with E-state index in [-0.39, 0.29) is 5.82 Å². The van der Waals surface area contributed by atoms with E-state index >= 15 is 0 Å². The Hall–Kier alpha value is -3.71. The van der Waals surface area contributed by atoms with Gasteiger partial charge < -0.3 is 13.9 Å². The number of rotatable bonds is 9. The fourth-order valence-corrected chi connectivity index (χ4v) is 3.37. The number of aromatic nitrogens is 2. The summed E-state index contributed by atoms with van der Waals surface area (Å²) < 4.78 is 30.5. The van der Waals surface area contributed by atoms with Gasteiger partial charge in [0.2, 0.25) is 11.8 Å². The molecule has 0 saturated carbocycles. The fraction of sp³-hybridized carbons (Fsp3) is 0.200. The molecule has 4 rings (SSSR count). The molecule has 0 radical (unpaired) electrons. The van der Waals surface area contributed by atoms with E-state index in [4.69, 9.17) is 13.9 Å². The summed E-state index contributed by atoms with van der Waals surface area (Å²) in [7, 11) is 1.61. The molecule has 4 aromatic rings. The Morgan fingerprint density at radius 1 is 0.969 bits per heavy atom. The predicted octanol–water partition coefficient (Wildman–Crippen LogP) is 5.16. The molecule has 0 aliphatic carbocycles. The van der Waals surface area contributed by atoms with E-state index in [1.54, 1.807) is 19.2 Å². The Morgan fingerprint density at radius 2 is 1.75 bits per heavy atom. The molecule has 0 aliphatic heterocycles. The van der Waals surface area contributed by atoms with Crippen molar-refractivity contribution in [1.82, 2.24) is 15.5 Å². The lowest BCUT2D eigenvalue weighted by Gasteiger charge is -2.17. The third kappa shape index (κ3) is 4.95. The third-order valence-corrected chi connectivity index (χ3v) is 4.95. The quantitative estimate of drug-likeness (QED) is 0.393. The van der Waals surface area contributed by atoms with Crippen molar-refractivity contribution in [2.24, 2.45) is 0 Å². The summed E-state index contributed by atoms with van der Waals surface area (Å²) in [5.41, 5.74) is 2.63. The SMILES string of the molecule is CCOc1ccc(CNC(c2ccc(F)cc2)c2nnc(-c3ccccc3)o2)cc1OC. The monoisotopic (exact) mass is 433 g/mol. The molecule has 1 N–H and O–H groups in total. The van der Waals surface area contributed by atoms with E-state index < -0.39 is 6.04 Å². The van der Waals surface area contributed by atoms with Crippen LogP contribution in [0.1, 0.15) is 30.0 Å². The van der Waals surface area contributed by atoms with Gasteiger partial charge in [-0.1, -0.05) is 36.4 Å². The molecular weight excluding hydrogens is 409 g/mol. The van der Waals surface area contributed by atoms with Gasteiger partial charge in [-0.2, -0.15) is 0 Å². The first-order valence-electron chi connectivity index (χ1n) is 10.3. The zero-order chi connectivity index (χ0) is 22.3. The fourth-order valence-electron chi connectivity index (χ4n) is 3.37. The summed E-state index contributed by atoms with van der Waals surface area (Å²) in [6.45, 7) is 2.98. The molecule has 1 aromatic heterocycles. The minimum absolute atomic E-state index is 0.306. The Morgan fingerprint density at radius 3 is 2.47 bits per heavy atom. The topological polar surface area (TPSA) is 69.4 Å². The van der Waals surface area contributed by atoms with Crippen molar-refractivity contribution in [3.63, 3.8) is 0 Å². The van der Waals surface area contributed by atoms with E-state index in [1.807, 2.05) is 55.5 Å². The van der Waals surface area contributed by atoms with Crippen LogP contribution >= 0.6 is 0 Å². The first kappa shape index (κ1) is 21.5. The van der Waals surface area contributed by atoms with Crippen LogP contribution in [0.3, 0.4) is 0 Å². The molecular formula is C25H24FN3O3. The lowest BCUT2D eigenvalue weighted by molar-refractivity contribution is 0.310. The number of halogens is 1. The molecule has 32 heavy (non-hydrogen) atoms. The lowest BCUT2D eigenvalue weighted by Crippen LogP contribution is -2.22. The minimum atomic E-state index is -0.418. The number of nitrogens with zero attached hydrogens (tertiary/aromatic N) is 2. The normalized spacial score (nSPS) is 11.8. The number of ether oxygens (including phenoxy) is 2. The highest BCUT2D eigenvalue weighted by atomic mass is 19.1. The van der Waals surface area contributed by atoms with Gasteiger partial charge in [-0.05, 0) is 54.4 Å². The number of benzene rings is 3. The molecule has 3 aromatic carbocycles. The van der Waals surface area contributed by atoms with Gasteiger partial charge in [0.05, 0.1) is 13.7 Å². The van der Waals surface area contributed by atoms with Crippen LogP contribution in [0.15, 0.2) is 77.2 Å². The maximum Gasteiger partial charge on any atom is 0.247 e. The highest BCUT2D eigenvalue weighted by Crippen LogP contribution is 2.29. The molecule has 164 valence electrons. The van der Waals surface area contributed by atoms with Gasteiger partial charge in [0, 0.05) is 12.1 Å². The molecule has 1 unspecified atom stereocenters.